The smallest absolute Gasteiger partial charge is 0.338 e. The molecule has 2 aromatic rings. The maximum atomic E-state index is 13.0. The van der Waals surface area contributed by atoms with E-state index in [9.17, 15) is 19.7 Å². The van der Waals surface area contributed by atoms with E-state index in [0.29, 0.717) is 37.4 Å². The molecule has 1 saturated carbocycles. The predicted molar refractivity (Wildman–Crippen MR) is 116 cm³/mol. The molecule has 33 heavy (non-hydrogen) atoms. The molecule has 3 atom stereocenters. The molecular formula is C24H23NO8. The van der Waals surface area contributed by atoms with Crippen molar-refractivity contribution in [3.8, 4) is 11.5 Å². The van der Waals surface area contributed by atoms with Crippen molar-refractivity contribution in [1.82, 2.24) is 0 Å². The van der Waals surface area contributed by atoms with Gasteiger partial charge in [0.2, 0.25) is 11.5 Å². The summed E-state index contributed by atoms with van der Waals surface area (Å²) in [6.07, 6.45) is 1.82. The van der Waals surface area contributed by atoms with Crippen molar-refractivity contribution in [3.05, 3.63) is 76.2 Å². The summed E-state index contributed by atoms with van der Waals surface area (Å²) in [5, 5.41) is 10.8. The Morgan fingerprint density at radius 1 is 1.12 bits per heavy atom. The van der Waals surface area contributed by atoms with Crippen LogP contribution >= 0.6 is 0 Å². The molecule has 0 amide bonds. The van der Waals surface area contributed by atoms with Gasteiger partial charge in [-0.3, -0.25) is 14.9 Å². The molecule has 172 valence electrons. The molecular weight excluding hydrogens is 430 g/mol. The number of rotatable bonds is 7. The molecule has 4 rings (SSSR count). The predicted octanol–water partition coefficient (Wildman–Crippen LogP) is 4.21. The van der Waals surface area contributed by atoms with Gasteiger partial charge < -0.3 is 18.9 Å². The average Bonchev–Trinajstić information content (AvgIpc) is 2.82. The maximum Gasteiger partial charge on any atom is 0.338 e. The number of nitro groups is 1. The molecule has 1 heterocycles. The fraction of sp³-hybridized carbons (Fsp3) is 0.333. The fourth-order valence-corrected chi connectivity index (χ4v) is 3.98. The van der Waals surface area contributed by atoms with Crippen LogP contribution in [-0.4, -0.2) is 35.5 Å². The molecule has 9 heteroatoms. The van der Waals surface area contributed by atoms with Gasteiger partial charge in [0.1, 0.15) is 18.5 Å². The number of ether oxygens (including phenoxy) is 4. The Morgan fingerprint density at radius 3 is 2.55 bits per heavy atom. The molecule has 3 unspecified atom stereocenters. The van der Waals surface area contributed by atoms with E-state index in [4.69, 9.17) is 18.9 Å². The summed E-state index contributed by atoms with van der Waals surface area (Å²) in [4.78, 5) is 35.6. The number of hydrogen-bond donors (Lipinski definition) is 0. The number of ketones is 1. The number of esters is 1. The average molecular weight is 453 g/mol. The standard InChI is InChI=1S/C24H23NO8/c1-2-30-19-5-3-4-6-20(19)33-22-14-31-21-13-17(11-12-18(21)23(22)26)32-24(27)15-7-9-16(10-8-15)25(28)29/h3-10,14,17-18,21H,2,11-13H2,1H3. The minimum absolute atomic E-state index is 0.102. The lowest BCUT2D eigenvalue weighted by Gasteiger charge is -2.36. The second-order valence-corrected chi connectivity index (χ2v) is 7.75. The number of nitro benzene ring substituents is 1. The SMILES string of the molecule is CCOc1ccccc1OC1=COC2CC(OC(=O)c3ccc([N+](=O)[O-])cc3)CCC2C1=O. The highest BCUT2D eigenvalue weighted by Gasteiger charge is 2.42. The van der Waals surface area contributed by atoms with Crippen LogP contribution in [0.2, 0.25) is 0 Å². The number of carbonyl (C=O) groups is 2. The summed E-state index contributed by atoms with van der Waals surface area (Å²) in [6, 6.07) is 12.3. The number of non-ortho nitro benzene ring substituents is 1. The first-order valence-corrected chi connectivity index (χ1v) is 10.7. The van der Waals surface area contributed by atoms with Gasteiger partial charge in [-0.25, -0.2) is 4.79 Å². The quantitative estimate of drug-likeness (QED) is 0.348. The van der Waals surface area contributed by atoms with Gasteiger partial charge in [0.15, 0.2) is 11.5 Å². The molecule has 2 aromatic carbocycles. The van der Waals surface area contributed by atoms with E-state index in [2.05, 4.69) is 0 Å². The minimum Gasteiger partial charge on any atom is -0.493 e. The van der Waals surface area contributed by atoms with Gasteiger partial charge in [-0.05, 0) is 44.0 Å². The van der Waals surface area contributed by atoms with Gasteiger partial charge in [-0.15, -0.1) is 0 Å². The topological polar surface area (TPSA) is 114 Å². The Kier molecular flexibility index (Phi) is 6.58. The van der Waals surface area contributed by atoms with Gasteiger partial charge in [-0.2, -0.15) is 0 Å². The van der Waals surface area contributed by atoms with Gasteiger partial charge in [-0.1, -0.05) is 12.1 Å². The highest BCUT2D eigenvalue weighted by Crippen LogP contribution is 2.37. The highest BCUT2D eigenvalue weighted by atomic mass is 16.6. The summed E-state index contributed by atoms with van der Waals surface area (Å²) >= 11 is 0. The number of fused-ring (bicyclic) bond motifs is 1. The van der Waals surface area contributed by atoms with Crippen molar-refractivity contribution >= 4 is 17.4 Å². The van der Waals surface area contributed by atoms with Crippen LogP contribution in [-0.2, 0) is 14.3 Å². The number of allylic oxidation sites excluding steroid dienone is 1. The zero-order valence-electron chi connectivity index (χ0n) is 18.0. The number of carbonyl (C=O) groups excluding carboxylic acids is 2. The van der Waals surface area contributed by atoms with Gasteiger partial charge >= 0.3 is 5.97 Å². The normalized spacial score (nSPS) is 21.8. The molecule has 1 fully saturated rings. The molecule has 0 spiro atoms. The third-order valence-corrected chi connectivity index (χ3v) is 5.63. The van der Waals surface area contributed by atoms with Crippen LogP contribution in [0.4, 0.5) is 5.69 Å². The van der Waals surface area contributed by atoms with Crippen molar-refractivity contribution in [1.29, 1.82) is 0 Å². The lowest BCUT2D eigenvalue weighted by atomic mass is 9.80. The van der Waals surface area contributed by atoms with Crippen molar-refractivity contribution in [2.24, 2.45) is 5.92 Å². The number of hydrogen-bond acceptors (Lipinski definition) is 8. The summed E-state index contributed by atoms with van der Waals surface area (Å²) in [5.41, 5.74) is 0.127. The van der Waals surface area contributed by atoms with E-state index >= 15 is 0 Å². The number of nitrogens with zero attached hydrogens (tertiary/aromatic N) is 1. The molecule has 0 N–H and O–H groups in total. The summed E-state index contributed by atoms with van der Waals surface area (Å²) in [7, 11) is 0. The Labute approximate surface area is 190 Å². The summed E-state index contributed by atoms with van der Waals surface area (Å²) in [5.74, 6) is -0.0204. The number of Topliss-reactive ketones (excluding diaryl/α,β-unsaturated/α-hetero) is 1. The van der Waals surface area contributed by atoms with Crippen molar-refractivity contribution < 1.29 is 33.5 Å². The molecule has 2 aliphatic rings. The van der Waals surface area contributed by atoms with E-state index < -0.39 is 29.0 Å². The van der Waals surface area contributed by atoms with Crippen LogP contribution in [0.5, 0.6) is 11.5 Å². The first kappa shape index (κ1) is 22.3. The molecule has 0 radical (unpaired) electrons. The second-order valence-electron chi connectivity index (χ2n) is 7.75. The molecule has 9 nitrogen and oxygen atoms in total. The molecule has 0 bridgehead atoms. The van der Waals surface area contributed by atoms with E-state index in [1.54, 1.807) is 18.2 Å². The van der Waals surface area contributed by atoms with Crippen LogP contribution in [0.3, 0.4) is 0 Å². The largest absolute Gasteiger partial charge is 0.493 e. The number of para-hydroxylation sites is 2. The van der Waals surface area contributed by atoms with Gasteiger partial charge in [0.25, 0.3) is 5.69 Å². The first-order valence-electron chi connectivity index (χ1n) is 10.7. The molecule has 1 aliphatic heterocycles. The zero-order chi connectivity index (χ0) is 23.4. The van der Waals surface area contributed by atoms with E-state index in [-0.39, 0.29) is 22.8 Å². The van der Waals surface area contributed by atoms with Crippen molar-refractivity contribution in [2.45, 2.75) is 38.4 Å². The Balaban J connectivity index is 1.38. The monoisotopic (exact) mass is 453 g/mol. The minimum atomic E-state index is -0.567. The van der Waals surface area contributed by atoms with E-state index in [1.165, 1.54) is 30.5 Å². The van der Waals surface area contributed by atoms with Crippen LogP contribution in [0.15, 0.2) is 60.6 Å². The lowest BCUT2D eigenvalue weighted by molar-refractivity contribution is -0.384. The van der Waals surface area contributed by atoms with Crippen LogP contribution in [0, 0.1) is 16.0 Å². The molecule has 1 aliphatic carbocycles. The number of benzene rings is 2. The van der Waals surface area contributed by atoms with E-state index in [0.717, 1.165) is 0 Å². The summed E-state index contributed by atoms with van der Waals surface area (Å²) < 4.78 is 22.7. The maximum absolute atomic E-state index is 13.0. The third-order valence-electron chi connectivity index (χ3n) is 5.63. The fourth-order valence-electron chi connectivity index (χ4n) is 3.98. The molecule has 0 saturated heterocycles. The lowest BCUT2D eigenvalue weighted by Crippen LogP contribution is -2.43. The van der Waals surface area contributed by atoms with Gasteiger partial charge in [0, 0.05) is 18.6 Å². The van der Waals surface area contributed by atoms with Crippen LogP contribution in [0.1, 0.15) is 36.5 Å². The first-order chi connectivity index (χ1) is 16.0. The van der Waals surface area contributed by atoms with Crippen molar-refractivity contribution in [2.75, 3.05) is 6.61 Å². The van der Waals surface area contributed by atoms with Crippen LogP contribution in [0.25, 0.3) is 0 Å². The van der Waals surface area contributed by atoms with Gasteiger partial charge in [0.05, 0.1) is 23.0 Å². The Morgan fingerprint density at radius 2 is 1.85 bits per heavy atom. The molecule has 0 aromatic heterocycles. The Bertz CT molecular complexity index is 1080. The van der Waals surface area contributed by atoms with E-state index in [1.807, 2.05) is 13.0 Å². The van der Waals surface area contributed by atoms with Crippen molar-refractivity contribution in [3.63, 3.8) is 0 Å². The summed E-state index contributed by atoms with van der Waals surface area (Å²) in [6.45, 7) is 2.33. The second kappa shape index (κ2) is 9.72. The highest BCUT2D eigenvalue weighted by molar-refractivity contribution is 5.96. The third kappa shape index (κ3) is 4.97. The zero-order valence-corrected chi connectivity index (χ0v) is 18.0. The van der Waals surface area contributed by atoms with Crippen LogP contribution < -0.4 is 9.47 Å². The Hall–Kier alpha value is -3.88.